The van der Waals surface area contributed by atoms with Gasteiger partial charge in [-0.05, 0) is 24.3 Å². The Kier molecular flexibility index (Phi) is 5.80. The van der Waals surface area contributed by atoms with Gasteiger partial charge < -0.3 is 14.7 Å². The fourth-order valence-electron chi connectivity index (χ4n) is 2.88. The first-order chi connectivity index (χ1) is 12.3. The Labute approximate surface area is 165 Å². The maximum Gasteiger partial charge on any atom is 0.338 e. The molecule has 0 unspecified atom stereocenters. The van der Waals surface area contributed by atoms with Crippen molar-refractivity contribution in [3.05, 3.63) is 56.8 Å². The molecule has 2 aromatic carbocycles. The molecular weight excluding hydrogens is 404 g/mol. The lowest BCUT2D eigenvalue weighted by molar-refractivity contribution is 0.0691. The van der Waals surface area contributed by atoms with Gasteiger partial charge >= 0.3 is 5.97 Å². The minimum atomic E-state index is -1.37. The zero-order valence-electron chi connectivity index (χ0n) is 13.5. The van der Waals surface area contributed by atoms with Gasteiger partial charge in [-0.15, -0.1) is 0 Å². The summed E-state index contributed by atoms with van der Waals surface area (Å²) in [5, 5.41) is 10.0. The van der Waals surface area contributed by atoms with E-state index in [-0.39, 0.29) is 16.9 Å². The van der Waals surface area contributed by atoms with Gasteiger partial charge in [-0.1, -0.05) is 34.8 Å². The van der Waals surface area contributed by atoms with Crippen molar-refractivity contribution in [2.45, 2.75) is 18.9 Å². The molecule has 0 bridgehead atoms. The lowest BCUT2D eigenvalue weighted by Crippen LogP contribution is -2.38. The minimum absolute atomic E-state index is 0.0794. The first-order valence-electron chi connectivity index (χ1n) is 7.94. The molecule has 2 aromatic rings. The summed E-state index contributed by atoms with van der Waals surface area (Å²) in [6.07, 6.45) is 1.28. The maximum atomic E-state index is 13.8. The Balaban J connectivity index is 1.65. The first kappa shape index (κ1) is 19.1. The van der Waals surface area contributed by atoms with Crippen molar-refractivity contribution in [2.24, 2.45) is 0 Å². The van der Waals surface area contributed by atoms with Crippen LogP contribution in [0.4, 0.5) is 10.1 Å². The molecular formula is C18H15Cl3FNO3. The molecule has 26 heavy (non-hydrogen) atoms. The van der Waals surface area contributed by atoms with Crippen molar-refractivity contribution in [2.75, 3.05) is 18.0 Å². The van der Waals surface area contributed by atoms with Gasteiger partial charge in [-0.25, -0.2) is 9.18 Å². The molecule has 1 aliphatic rings. The third kappa shape index (κ3) is 4.17. The normalized spacial score (nSPS) is 15.2. The summed E-state index contributed by atoms with van der Waals surface area (Å²) in [6, 6.07) is 7.58. The number of anilines is 1. The van der Waals surface area contributed by atoms with Crippen LogP contribution in [0.1, 0.15) is 23.2 Å². The molecule has 1 N–H and O–H groups in total. The molecule has 0 atom stereocenters. The molecule has 0 aliphatic carbocycles. The van der Waals surface area contributed by atoms with E-state index in [4.69, 9.17) is 44.6 Å². The van der Waals surface area contributed by atoms with E-state index in [1.54, 1.807) is 6.07 Å². The van der Waals surface area contributed by atoms with Crippen molar-refractivity contribution in [3.8, 4) is 5.75 Å². The van der Waals surface area contributed by atoms with Crippen molar-refractivity contribution in [1.82, 2.24) is 0 Å². The molecule has 0 saturated carbocycles. The lowest BCUT2D eigenvalue weighted by atomic mass is 10.1. The van der Waals surface area contributed by atoms with E-state index < -0.39 is 17.3 Å². The molecule has 1 heterocycles. The molecule has 0 radical (unpaired) electrons. The molecule has 8 heteroatoms. The van der Waals surface area contributed by atoms with E-state index in [9.17, 15) is 9.18 Å². The van der Waals surface area contributed by atoms with Crippen LogP contribution in [-0.2, 0) is 0 Å². The predicted octanol–water partition coefficient (Wildman–Crippen LogP) is 5.53. The van der Waals surface area contributed by atoms with E-state index in [0.29, 0.717) is 22.9 Å². The van der Waals surface area contributed by atoms with Crippen molar-refractivity contribution >= 4 is 46.5 Å². The highest BCUT2D eigenvalue weighted by Crippen LogP contribution is 2.32. The molecule has 1 aliphatic heterocycles. The largest absolute Gasteiger partial charge is 0.489 e. The summed E-state index contributed by atoms with van der Waals surface area (Å²) in [5.41, 5.74) is 0.504. The van der Waals surface area contributed by atoms with Gasteiger partial charge in [0.15, 0.2) is 0 Å². The number of rotatable bonds is 4. The number of carbonyl (C=O) groups is 1. The smallest absolute Gasteiger partial charge is 0.338 e. The van der Waals surface area contributed by atoms with Gasteiger partial charge in [0.05, 0.1) is 20.6 Å². The Hall–Kier alpha value is -1.69. The van der Waals surface area contributed by atoms with E-state index in [1.807, 2.05) is 12.1 Å². The van der Waals surface area contributed by atoms with Crippen LogP contribution in [0.25, 0.3) is 0 Å². The van der Waals surface area contributed by atoms with Crippen LogP contribution in [0.2, 0.25) is 15.1 Å². The second-order valence-corrected chi connectivity index (χ2v) is 7.19. The zero-order chi connectivity index (χ0) is 18.8. The topological polar surface area (TPSA) is 49.8 Å². The maximum absolute atomic E-state index is 13.8. The van der Waals surface area contributed by atoms with Gasteiger partial charge in [0.1, 0.15) is 17.7 Å². The highest BCUT2D eigenvalue weighted by atomic mass is 35.5. The Morgan fingerprint density at radius 3 is 2.38 bits per heavy atom. The van der Waals surface area contributed by atoms with E-state index in [0.717, 1.165) is 30.9 Å². The van der Waals surface area contributed by atoms with E-state index in [2.05, 4.69) is 4.90 Å². The number of piperidine rings is 1. The summed E-state index contributed by atoms with van der Waals surface area (Å²) in [7, 11) is 0. The molecule has 3 rings (SSSR count). The predicted molar refractivity (Wildman–Crippen MR) is 101 cm³/mol. The van der Waals surface area contributed by atoms with Crippen LogP contribution in [0.15, 0.2) is 30.3 Å². The molecule has 0 aromatic heterocycles. The first-order valence-corrected chi connectivity index (χ1v) is 9.07. The van der Waals surface area contributed by atoms with Crippen LogP contribution in [0.5, 0.6) is 5.75 Å². The highest BCUT2D eigenvalue weighted by Gasteiger charge is 2.23. The number of carboxylic acid groups (broad SMARTS) is 1. The number of benzene rings is 2. The number of hydrogen-bond donors (Lipinski definition) is 1. The van der Waals surface area contributed by atoms with Crippen LogP contribution in [0.3, 0.4) is 0 Å². The summed E-state index contributed by atoms with van der Waals surface area (Å²) in [4.78, 5) is 13.1. The van der Waals surface area contributed by atoms with E-state index >= 15 is 0 Å². The Bertz CT molecular complexity index is 839. The SMILES string of the molecule is O=C(O)c1cc(Cl)c(OC2CCN(c3ccc(Cl)c(Cl)c3)CC2)cc1F. The van der Waals surface area contributed by atoms with Crippen LogP contribution >= 0.6 is 34.8 Å². The molecule has 0 spiro atoms. The highest BCUT2D eigenvalue weighted by molar-refractivity contribution is 6.42. The molecule has 4 nitrogen and oxygen atoms in total. The van der Waals surface area contributed by atoms with Crippen molar-refractivity contribution in [1.29, 1.82) is 0 Å². The number of aromatic carboxylic acids is 1. The number of halogens is 4. The lowest BCUT2D eigenvalue weighted by Gasteiger charge is -2.34. The standard InChI is InChI=1S/C18H15Cl3FNO3/c19-13-2-1-10(7-14(13)20)23-5-3-11(4-6-23)26-17-9-16(22)12(18(24)25)8-15(17)21/h1-2,7-9,11H,3-6H2,(H,24,25). The van der Waals surface area contributed by atoms with Gasteiger partial charge in [-0.2, -0.15) is 0 Å². The van der Waals surface area contributed by atoms with Crippen molar-refractivity contribution < 1.29 is 19.0 Å². The average molecular weight is 419 g/mol. The molecule has 138 valence electrons. The number of ether oxygens (including phenoxy) is 1. The fourth-order valence-corrected chi connectivity index (χ4v) is 3.38. The Morgan fingerprint density at radius 1 is 1.08 bits per heavy atom. The average Bonchev–Trinajstić information content (AvgIpc) is 2.60. The Morgan fingerprint density at radius 2 is 1.77 bits per heavy atom. The van der Waals surface area contributed by atoms with Gasteiger partial charge in [0, 0.05) is 37.7 Å². The summed E-state index contributed by atoms with van der Waals surface area (Å²) in [5.74, 6) is -2.09. The fraction of sp³-hybridized carbons (Fsp3) is 0.278. The molecule has 1 saturated heterocycles. The summed E-state index contributed by atoms with van der Waals surface area (Å²) >= 11 is 18.0. The van der Waals surface area contributed by atoms with E-state index in [1.165, 1.54) is 0 Å². The third-order valence-corrected chi connectivity index (χ3v) is 5.29. The van der Waals surface area contributed by atoms with Gasteiger partial charge in [0.2, 0.25) is 0 Å². The minimum Gasteiger partial charge on any atom is -0.489 e. The van der Waals surface area contributed by atoms with Crippen molar-refractivity contribution in [3.63, 3.8) is 0 Å². The molecule has 0 amide bonds. The second kappa shape index (κ2) is 7.91. The zero-order valence-corrected chi connectivity index (χ0v) is 15.8. The van der Waals surface area contributed by atoms with Crippen LogP contribution in [-0.4, -0.2) is 30.3 Å². The summed E-state index contributed by atoms with van der Waals surface area (Å²) < 4.78 is 19.6. The van der Waals surface area contributed by atoms with Crippen LogP contribution in [0, 0.1) is 5.82 Å². The number of hydrogen-bond acceptors (Lipinski definition) is 3. The quantitative estimate of drug-likeness (QED) is 0.709. The van der Waals surface area contributed by atoms with Crippen LogP contribution < -0.4 is 9.64 Å². The van der Waals surface area contributed by atoms with Gasteiger partial charge in [-0.3, -0.25) is 0 Å². The molecule has 1 fully saturated rings. The van der Waals surface area contributed by atoms with Gasteiger partial charge in [0.25, 0.3) is 0 Å². The second-order valence-electron chi connectivity index (χ2n) is 5.97. The monoisotopic (exact) mass is 417 g/mol. The number of carboxylic acids is 1. The number of nitrogens with zero attached hydrogens (tertiary/aromatic N) is 1. The summed E-state index contributed by atoms with van der Waals surface area (Å²) in [6.45, 7) is 1.46. The third-order valence-electron chi connectivity index (χ3n) is 4.26.